The van der Waals surface area contributed by atoms with Gasteiger partial charge in [0.15, 0.2) is 18.1 Å². The van der Waals surface area contributed by atoms with E-state index in [1.54, 1.807) is 6.07 Å². The molecule has 0 fully saturated rings. The van der Waals surface area contributed by atoms with E-state index in [2.05, 4.69) is 11.9 Å². The van der Waals surface area contributed by atoms with Gasteiger partial charge in [-0.25, -0.2) is 0 Å². The highest BCUT2D eigenvalue weighted by Gasteiger charge is 2.36. The molecular formula is C20H20N2O3. The molecule has 4 rings (SSSR count). The molecule has 2 aromatic carbocycles. The van der Waals surface area contributed by atoms with E-state index in [1.165, 1.54) is 5.56 Å². The highest BCUT2D eigenvalue weighted by atomic mass is 16.5. The lowest BCUT2D eigenvalue weighted by molar-refractivity contribution is 0.226. The predicted molar refractivity (Wildman–Crippen MR) is 93.8 cm³/mol. The fraction of sp³-hybridized carbons (Fsp3) is 0.350. The number of phenols is 2. The maximum atomic E-state index is 10.5. The number of ether oxygens (including phenoxy) is 1. The van der Waals surface area contributed by atoms with Gasteiger partial charge in [0, 0.05) is 18.2 Å². The molecule has 1 heterocycles. The van der Waals surface area contributed by atoms with Crippen molar-refractivity contribution >= 4 is 0 Å². The molecule has 0 radical (unpaired) electrons. The van der Waals surface area contributed by atoms with E-state index in [4.69, 9.17) is 10.00 Å². The van der Waals surface area contributed by atoms with Crippen LogP contribution in [0, 0.1) is 18.3 Å². The normalized spacial score (nSPS) is 18.2. The zero-order valence-electron chi connectivity index (χ0n) is 14.3. The van der Waals surface area contributed by atoms with Crippen molar-refractivity contribution < 1.29 is 14.9 Å². The predicted octanol–water partition coefficient (Wildman–Crippen LogP) is 3.06. The monoisotopic (exact) mass is 336 g/mol. The van der Waals surface area contributed by atoms with E-state index in [-0.39, 0.29) is 24.1 Å². The Bertz CT molecular complexity index is 914. The lowest BCUT2D eigenvalue weighted by Gasteiger charge is -2.40. The minimum atomic E-state index is -0.119. The van der Waals surface area contributed by atoms with Crippen molar-refractivity contribution in [2.45, 2.75) is 25.8 Å². The molecule has 1 aliphatic carbocycles. The molecule has 0 saturated heterocycles. The average molecular weight is 336 g/mol. The molecule has 2 aromatic rings. The molecule has 0 spiro atoms. The van der Waals surface area contributed by atoms with Crippen LogP contribution in [0.2, 0.25) is 0 Å². The quantitative estimate of drug-likeness (QED) is 0.881. The number of aromatic hydroxyl groups is 2. The van der Waals surface area contributed by atoms with Crippen LogP contribution in [0.4, 0.5) is 0 Å². The van der Waals surface area contributed by atoms with Gasteiger partial charge in [0.1, 0.15) is 11.8 Å². The Morgan fingerprint density at radius 2 is 2.00 bits per heavy atom. The van der Waals surface area contributed by atoms with Gasteiger partial charge < -0.3 is 14.9 Å². The highest BCUT2D eigenvalue weighted by molar-refractivity contribution is 5.84. The maximum Gasteiger partial charge on any atom is 0.174 e. The molecule has 5 heteroatoms. The number of hydrogen-bond donors (Lipinski definition) is 2. The number of likely N-dealkylation sites (N-methyl/N-ethyl adjacent to an activating group) is 1. The minimum absolute atomic E-state index is 0.0749. The molecule has 2 N–H and O–H groups in total. The number of hydrogen-bond acceptors (Lipinski definition) is 5. The van der Waals surface area contributed by atoms with Crippen LogP contribution >= 0.6 is 0 Å². The molecule has 1 atom stereocenters. The fourth-order valence-electron chi connectivity index (χ4n) is 4.11. The van der Waals surface area contributed by atoms with Crippen molar-refractivity contribution in [1.82, 2.24) is 4.90 Å². The minimum Gasteiger partial charge on any atom is -0.508 e. The van der Waals surface area contributed by atoms with Crippen LogP contribution in [0.25, 0.3) is 11.1 Å². The van der Waals surface area contributed by atoms with Gasteiger partial charge in [-0.1, -0.05) is 0 Å². The van der Waals surface area contributed by atoms with Gasteiger partial charge in [0.2, 0.25) is 0 Å². The first-order valence-electron chi connectivity index (χ1n) is 8.42. The third-order valence-electron chi connectivity index (χ3n) is 5.37. The topological polar surface area (TPSA) is 76.7 Å². The Hall–Kier alpha value is -2.71. The van der Waals surface area contributed by atoms with Crippen molar-refractivity contribution in [3.63, 3.8) is 0 Å². The van der Waals surface area contributed by atoms with Crippen LogP contribution in [0.1, 0.15) is 28.3 Å². The Labute approximate surface area is 146 Å². The summed E-state index contributed by atoms with van der Waals surface area (Å²) in [6.07, 6.45) is 1.68. The third kappa shape index (κ3) is 2.33. The van der Waals surface area contributed by atoms with Crippen LogP contribution < -0.4 is 4.74 Å². The average Bonchev–Trinajstić information content (AvgIpc) is 2.58. The summed E-state index contributed by atoms with van der Waals surface area (Å²) in [5.41, 5.74) is 5.97. The van der Waals surface area contributed by atoms with E-state index in [9.17, 15) is 10.2 Å². The van der Waals surface area contributed by atoms with Crippen LogP contribution in [0.3, 0.4) is 0 Å². The Morgan fingerprint density at radius 1 is 1.24 bits per heavy atom. The van der Waals surface area contributed by atoms with Gasteiger partial charge in [-0.15, -0.1) is 0 Å². The van der Waals surface area contributed by atoms with E-state index >= 15 is 0 Å². The SMILES string of the molecule is Cc1cc2c(cc1O)CC1c3c(cc(O)c(OCC#N)c3-2)CCN1C. The van der Waals surface area contributed by atoms with Crippen LogP contribution in [-0.2, 0) is 12.8 Å². The van der Waals surface area contributed by atoms with Crippen LogP contribution in [0.5, 0.6) is 17.2 Å². The highest BCUT2D eigenvalue weighted by Crippen LogP contribution is 2.52. The first-order valence-corrected chi connectivity index (χ1v) is 8.42. The van der Waals surface area contributed by atoms with E-state index in [1.807, 2.05) is 25.1 Å². The summed E-state index contributed by atoms with van der Waals surface area (Å²) in [5, 5.41) is 29.6. The molecule has 1 aliphatic heterocycles. The Kier molecular flexibility index (Phi) is 3.59. The second kappa shape index (κ2) is 5.68. The van der Waals surface area contributed by atoms with E-state index in [0.717, 1.165) is 47.2 Å². The van der Waals surface area contributed by atoms with E-state index < -0.39 is 0 Å². The summed E-state index contributed by atoms with van der Waals surface area (Å²) >= 11 is 0. The summed E-state index contributed by atoms with van der Waals surface area (Å²) in [5.74, 6) is 0.720. The molecule has 25 heavy (non-hydrogen) atoms. The fourth-order valence-corrected chi connectivity index (χ4v) is 4.11. The molecule has 128 valence electrons. The Morgan fingerprint density at radius 3 is 2.76 bits per heavy atom. The molecule has 2 aliphatic rings. The van der Waals surface area contributed by atoms with Gasteiger partial charge in [0.25, 0.3) is 0 Å². The standard InChI is InChI=1S/C20H20N2O3/c1-11-7-14-13(10-16(11)23)8-15-18-12(3-5-22(15)2)9-17(24)20(19(14)18)25-6-4-21/h7,9-10,15,23-24H,3,5-6,8H2,1-2H3. The zero-order chi connectivity index (χ0) is 17.7. The lowest BCUT2D eigenvalue weighted by atomic mass is 9.76. The van der Waals surface area contributed by atoms with Gasteiger partial charge in [-0.3, -0.25) is 4.90 Å². The summed E-state index contributed by atoms with van der Waals surface area (Å²) in [4.78, 5) is 2.30. The molecule has 5 nitrogen and oxygen atoms in total. The van der Waals surface area contributed by atoms with Crippen molar-refractivity contribution in [2.75, 3.05) is 20.2 Å². The third-order valence-corrected chi connectivity index (χ3v) is 5.37. The van der Waals surface area contributed by atoms with Crippen LogP contribution in [-0.4, -0.2) is 35.3 Å². The first-order chi connectivity index (χ1) is 12.0. The molecule has 0 amide bonds. The number of nitriles is 1. The lowest BCUT2D eigenvalue weighted by Crippen LogP contribution is -2.35. The zero-order valence-corrected chi connectivity index (χ0v) is 14.3. The van der Waals surface area contributed by atoms with Crippen molar-refractivity contribution in [3.8, 4) is 34.4 Å². The number of nitrogens with zero attached hydrogens (tertiary/aromatic N) is 2. The second-order valence-corrected chi connectivity index (χ2v) is 6.87. The van der Waals surface area contributed by atoms with Gasteiger partial charge in [0.05, 0.1) is 0 Å². The number of rotatable bonds is 2. The van der Waals surface area contributed by atoms with Crippen molar-refractivity contribution in [3.05, 3.63) is 40.5 Å². The van der Waals surface area contributed by atoms with Crippen molar-refractivity contribution in [1.29, 1.82) is 5.26 Å². The molecule has 0 aromatic heterocycles. The summed E-state index contributed by atoms with van der Waals surface area (Å²) in [7, 11) is 2.10. The number of fused-ring (bicyclic) bond motifs is 2. The number of benzene rings is 2. The summed E-state index contributed by atoms with van der Waals surface area (Å²) < 4.78 is 5.63. The number of phenolic OH excluding ortho intramolecular Hbond substituents is 2. The van der Waals surface area contributed by atoms with E-state index in [0.29, 0.717) is 5.75 Å². The molecule has 1 unspecified atom stereocenters. The van der Waals surface area contributed by atoms with Crippen LogP contribution in [0.15, 0.2) is 18.2 Å². The molecule has 0 saturated carbocycles. The smallest absolute Gasteiger partial charge is 0.174 e. The first kappa shape index (κ1) is 15.8. The Balaban J connectivity index is 2.05. The second-order valence-electron chi connectivity index (χ2n) is 6.87. The summed E-state index contributed by atoms with van der Waals surface area (Å²) in [6, 6.07) is 7.70. The number of aryl methyl sites for hydroxylation is 1. The maximum absolute atomic E-state index is 10.5. The summed E-state index contributed by atoms with van der Waals surface area (Å²) in [6.45, 7) is 2.66. The molecular weight excluding hydrogens is 316 g/mol. The largest absolute Gasteiger partial charge is 0.508 e. The van der Waals surface area contributed by atoms with Gasteiger partial charge in [-0.05, 0) is 72.8 Å². The van der Waals surface area contributed by atoms with Gasteiger partial charge in [-0.2, -0.15) is 5.26 Å². The molecule has 0 bridgehead atoms. The van der Waals surface area contributed by atoms with Crippen molar-refractivity contribution in [2.24, 2.45) is 0 Å². The van der Waals surface area contributed by atoms with Gasteiger partial charge >= 0.3 is 0 Å².